The van der Waals surface area contributed by atoms with Gasteiger partial charge in [-0.2, -0.15) is 13.1 Å². The van der Waals surface area contributed by atoms with Crippen LogP contribution in [0, 0.1) is 6.92 Å². The molecule has 3 aromatic heterocycles. The predicted molar refractivity (Wildman–Crippen MR) is 102 cm³/mol. The van der Waals surface area contributed by atoms with Gasteiger partial charge >= 0.3 is 0 Å². The van der Waals surface area contributed by atoms with Crippen molar-refractivity contribution in [3.8, 4) is 0 Å². The van der Waals surface area contributed by atoms with E-state index in [1.807, 2.05) is 19.1 Å². The summed E-state index contributed by atoms with van der Waals surface area (Å²) in [7, 11) is -3.64. The maximum atomic E-state index is 13.2. The highest BCUT2D eigenvalue weighted by Crippen LogP contribution is 2.32. The van der Waals surface area contributed by atoms with E-state index in [0.29, 0.717) is 30.5 Å². The van der Waals surface area contributed by atoms with Gasteiger partial charge in [0.05, 0.1) is 17.8 Å². The summed E-state index contributed by atoms with van der Waals surface area (Å²) >= 11 is 1.02. The Balaban J connectivity index is 1.52. The number of sulfonamides is 1. The molecule has 10 heteroatoms. The maximum absolute atomic E-state index is 13.2. The molecule has 0 radical (unpaired) electrons. The van der Waals surface area contributed by atoms with E-state index in [2.05, 4.69) is 23.3 Å². The number of aromatic nitrogens is 5. The molecule has 0 bridgehead atoms. The first-order valence-electron chi connectivity index (χ1n) is 8.57. The Bertz CT molecular complexity index is 1260. The molecule has 4 aromatic rings. The number of benzene rings is 1. The minimum atomic E-state index is -3.64. The SMILES string of the molecule is Cc1nc2cccnc2n1[C@H]1CCN(S(=O)(=O)c2cccc3nsnc23)C1. The molecule has 1 atom stereocenters. The van der Waals surface area contributed by atoms with Gasteiger partial charge in [-0.3, -0.25) is 0 Å². The number of nitrogens with zero attached hydrogens (tertiary/aromatic N) is 6. The van der Waals surface area contributed by atoms with Gasteiger partial charge in [-0.25, -0.2) is 18.4 Å². The summed E-state index contributed by atoms with van der Waals surface area (Å²) in [6.45, 7) is 2.77. The molecule has 1 saturated heterocycles. The van der Waals surface area contributed by atoms with Gasteiger partial charge in [-0.05, 0) is 37.6 Å². The topological polar surface area (TPSA) is 93.9 Å². The number of imidazole rings is 1. The number of hydrogen-bond donors (Lipinski definition) is 0. The second-order valence-electron chi connectivity index (χ2n) is 6.57. The first-order chi connectivity index (χ1) is 13.1. The highest BCUT2D eigenvalue weighted by atomic mass is 32.2. The summed E-state index contributed by atoms with van der Waals surface area (Å²) in [5, 5.41) is 0. The van der Waals surface area contributed by atoms with E-state index in [4.69, 9.17) is 0 Å². The summed E-state index contributed by atoms with van der Waals surface area (Å²) in [4.78, 5) is 9.22. The second kappa shape index (κ2) is 6.04. The molecular formula is C17H16N6O2S2. The number of hydrogen-bond acceptors (Lipinski definition) is 7. The van der Waals surface area contributed by atoms with Crippen LogP contribution < -0.4 is 0 Å². The van der Waals surface area contributed by atoms with Crippen LogP contribution in [0.2, 0.25) is 0 Å². The minimum absolute atomic E-state index is 0.00689. The molecule has 8 nitrogen and oxygen atoms in total. The van der Waals surface area contributed by atoms with Crippen molar-refractivity contribution in [3.63, 3.8) is 0 Å². The smallest absolute Gasteiger partial charge is 0.245 e. The van der Waals surface area contributed by atoms with Crippen molar-refractivity contribution in [2.24, 2.45) is 0 Å². The normalized spacial score (nSPS) is 18.6. The third kappa shape index (κ3) is 2.55. The molecular weight excluding hydrogens is 384 g/mol. The Labute approximate surface area is 159 Å². The first-order valence-corrected chi connectivity index (χ1v) is 10.7. The average molecular weight is 400 g/mol. The second-order valence-corrected chi connectivity index (χ2v) is 9.00. The van der Waals surface area contributed by atoms with Crippen LogP contribution >= 0.6 is 11.7 Å². The van der Waals surface area contributed by atoms with E-state index >= 15 is 0 Å². The predicted octanol–water partition coefficient (Wildman–Crippen LogP) is 2.38. The van der Waals surface area contributed by atoms with Crippen LogP contribution in [0.25, 0.3) is 22.2 Å². The summed E-state index contributed by atoms with van der Waals surface area (Å²) in [5.74, 6) is 0.846. The molecule has 4 heterocycles. The third-order valence-electron chi connectivity index (χ3n) is 4.98. The Hall–Kier alpha value is -2.43. The molecule has 1 aromatic carbocycles. The molecule has 1 aliphatic rings. The number of aryl methyl sites for hydroxylation is 1. The zero-order chi connectivity index (χ0) is 18.6. The Morgan fingerprint density at radius 2 is 2.00 bits per heavy atom. The zero-order valence-corrected chi connectivity index (χ0v) is 16.1. The van der Waals surface area contributed by atoms with Crippen LogP contribution in [-0.2, 0) is 10.0 Å². The van der Waals surface area contributed by atoms with E-state index in [1.54, 1.807) is 24.4 Å². The minimum Gasteiger partial charge on any atom is -0.308 e. The fourth-order valence-electron chi connectivity index (χ4n) is 3.75. The lowest BCUT2D eigenvalue weighted by Gasteiger charge is -2.18. The van der Waals surface area contributed by atoms with Crippen LogP contribution in [0.5, 0.6) is 0 Å². The number of pyridine rings is 1. The number of fused-ring (bicyclic) bond motifs is 2. The Kier molecular flexibility index (Phi) is 3.74. The molecule has 0 aliphatic carbocycles. The highest BCUT2D eigenvalue weighted by Gasteiger charge is 2.36. The van der Waals surface area contributed by atoms with Crippen molar-refractivity contribution >= 4 is 43.9 Å². The van der Waals surface area contributed by atoms with Crippen LogP contribution in [0.15, 0.2) is 41.4 Å². The molecule has 0 spiro atoms. The molecule has 0 saturated carbocycles. The number of rotatable bonds is 3. The summed E-state index contributed by atoms with van der Waals surface area (Å²) in [5.41, 5.74) is 2.68. The van der Waals surface area contributed by atoms with Crippen molar-refractivity contribution in [2.45, 2.75) is 24.3 Å². The summed E-state index contributed by atoms with van der Waals surface area (Å²) in [6, 6.07) is 8.87. The third-order valence-corrected chi connectivity index (χ3v) is 7.42. The van der Waals surface area contributed by atoms with Gasteiger partial charge < -0.3 is 4.57 Å². The van der Waals surface area contributed by atoms with Crippen LogP contribution in [-0.4, -0.2) is 49.1 Å². The van der Waals surface area contributed by atoms with Crippen molar-refractivity contribution in [1.29, 1.82) is 0 Å². The summed E-state index contributed by atoms with van der Waals surface area (Å²) < 4.78 is 38.4. The largest absolute Gasteiger partial charge is 0.308 e. The highest BCUT2D eigenvalue weighted by molar-refractivity contribution is 7.89. The Morgan fingerprint density at radius 3 is 2.89 bits per heavy atom. The maximum Gasteiger partial charge on any atom is 0.245 e. The molecule has 138 valence electrons. The lowest BCUT2D eigenvalue weighted by molar-refractivity contribution is 0.452. The lowest BCUT2D eigenvalue weighted by atomic mass is 10.2. The zero-order valence-electron chi connectivity index (χ0n) is 14.5. The first kappa shape index (κ1) is 16.7. The molecule has 1 fully saturated rings. The molecule has 0 N–H and O–H groups in total. The van der Waals surface area contributed by atoms with Crippen LogP contribution in [0.4, 0.5) is 0 Å². The Morgan fingerprint density at radius 1 is 1.15 bits per heavy atom. The molecule has 1 aliphatic heterocycles. The van der Waals surface area contributed by atoms with Gasteiger partial charge in [0.2, 0.25) is 10.0 Å². The van der Waals surface area contributed by atoms with E-state index in [-0.39, 0.29) is 10.9 Å². The van der Waals surface area contributed by atoms with Crippen molar-refractivity contribution < 1.29 is 8.42 Å². The molecule has 0 amide bonds. The van der Waals surface area contributed by atoms with Gasteiger partial charge in [0.25, 0.3) is 0 Å². The van der Waals surface area contributed by atoms with E-state index < -0.39 is 10.0 Å². The van der Waals surface area contributed by atoms with Gasteiger partial charge in [-0.15, -0.1) is 0 Å². The van der Waals surface area contributed by atoms with Crippen LogP contribution in [0.3, 0.4) is 0 Å². The van der Waals surface area contributed by atoms with Crippen LogP contribution in [0.1, 0.15) is 18.3 Å². The van der Waals surface area contributed by atoms with Gasteiger partial charge in [0.1, 0.15) is 27.3 Å². The monoisotopic (exact) mass is 400 g/mol. The van der Waals surface area contributed by atoms with Crippen molar-refractivity contribution in [3.05, 3.63) is 42.4 Å². The quantitative estimate of drug-likeness (QED) is 0.524. The molecule has 27 heavy (non-hydrogen) atoms. The van der Waals surface area contributed by atoms with Gasteiger partial charge in [-0.1, -0.05) is 6.07 Å². The fourth-order valence-corrected chi connectivity index (χ4v) is 5.99. The van der Waals surface area contributed by atoms with E-state index in [9.17, 15) is 8.42 Å². The van der Waals surface area contributed by atoms with Gasteiger partial charge in [0, 0.05) is 19.3 Å². The lowest BCUT2D eigenvalue weighted by Crippen LogP contribution is -2.29. The average Bonchev–Trinajstić information content (AvgIpc) is 3.38. The van der Waals surface area contributed by atoms with Gasteiger partial charge in [0.15, 0.2) is 5.65 Å². The summed E-state index contributed by atoms with van der Waals surface area (Å²) in [6.07, 6.45) is 2.45. The van der Waals surface area contributed by atoms with Crippen molar-refractivity contribution in [2.75, 3.05) is 13.1 Å². The standard InChI is InChI=1S/C17H16N6O2S2/c1-11-19-14-5-3-8-18-17(14)23(11)12-7-9-22(10-12)27(24,25)15-6-2-4-13-16(15)21-26-20-13/h2-6,8,12H,7,9-10H2,1H3/t12-/m0/s1. The fraction of sp³-hybridized carbons (Fsp3) is 0.294. The molecule has 0 unspecified atom stereocenters. The van der Waals surface area contributed by atoms with Crippen molar-refractivity contribution in [1.82, 2.24) is 27.6 Å². The van der Waals surface area contributed by atoms with E-state index in [1.165, 1.54) is 4.31 Å². The molecule has 5 rings (SSSR count). The van der Waals surface area contributed by atoms with E-state index in [0.717, 1.165) is 28.7 Å².